The van der Waals surface area contributed by atoms with Gasteiger partial charge in [0.05, 0.1) is 19.6 Å². The zero-order chi connectivity index (χ0) is 24.1. The van der Waals surface area contributed by atoms with Crippen LogP contribution in [-0.2, 0) is 22.7 Å². The maximum atomic E-state index is 13.3. The molecule has 1 amide bonds. The molecule has 178 valence electrons. The van der Waals surface area contributed by atoms with Gasteiger partial charge in [-0.1, -0.05) is 24.3 Å². The fraction of sp³-hybridized carbons (Fsp3) is 0.320. The van der Waals surface area contributed by atoms with Gasteiger partial charge >= 0.3 is 5.97 Å². The summed E-state index contributed by atoms with van der Waals surface area (Å²) in [6, 6.07) is 11.9. The lowest BCUT2D eigenvalue weighted by Gasteiger charge is -2.30. The molecule has 0 saturated carbocycles. The fourth-order valence-electron chi connectivity index (χ4n) is 3.90. The Hall–Kier alpha value is -3.75. The van der Waals surface area contributed by atoms with E-state index in [1.807, 2.05) is 0 Å². The van der Waals surface area contributed by atoms with Gasteiger partial charge in [0.15, 0.2) is 0 Å². The highest BCUT2D eigenvalue weighted by molar-refractivity contribution is 5.96. The van der Waals surface area contributed by atoms with Crippen LogP contribution in [0.5, 0.6) is 5.88 Å². The summed E-state index contributed by atoms with van der Waals surface area (Å²) in [4.78, 5) is 26.8. The van der Waals surface area contributed by atoms with Crippen molar-refractivity contribution in [2.24, 2.45) is 5.92 Å². The summed E-state index contributed by atoms with van der Waals surface area (Å²) in [7, 11) is 1.36. The number of aromatic nitrogens is 2. The smallest absolute Gasteiger partial charge is 0.308 e. The zero-order valence-electron chi connectivity index (χ0n) is 18.7. The topological polar surface area (TPSA) is 73.7 Å². The SMILES string of the molecule is COC(=O)C1CCN(C(=O)c2cn(Cc3ccc(F)cc3)nc2OCc2ccc(F)cc2)CC1. The Morgan fingerprint density at radius 1 is 0.971 bits per heavy atom. The van der Waals surface area contributed by atoms with E-state index in [0.29, 0.717) is 38.0 Å². The Morgan fingerprint density at radius 3 is 2.15 bits per heavy atom. The third kappa shape index (κ3) is 5.59. The molecule has 4 rings (SSSR count). The number of hydrogen-bond donors (Lipinski definition) is 0. The van der Waals surface area contributed by atoms with Crippen LogP contribution in [0, 0.1) is 17.6 Å². The van der Waals surface area contributed by atoms with E-state index >= 15 is 0 Å². The summed E-state index contributed by atoms with van der Waals surface area (Å²) < 4.78 is 38.7. The van der Waals surface area contributed by atoms with Gasteiger partial charge in [0, 0.05) is 19.3 Å². The summed E-state index contributed by atoms with van der Waals surface area (Å²) in [5, 5.41) is 4.44. The van der Waals surface area contributed by atoms with E-state index in [1.54, 1.807) is 40.0 Å². The normalized spacial score (nSPS) is 14.1. The molecule has 1 fully saturated rings. The van der Waals surface area contributed by atoms with E-state index in [0.717, 1.165) is 11.1 Å². The molecule has 1 saturated heterocycles. The van der Waals surface area contributed by atoms with Crippen molar-refractivity contribution in [1.29, 1.82) is 0 Å². The second kappa shape index (κ2) is 10.5. The van der Waals surface area contributed by atoms with Crippen LogP contribution in [0.2, 0.25) is 0 Å². The van der Waals surface area contributed by atoms with Gasteiger partial charge in [-0.2, -0.15) is 0 Å². The highest BCUT2D eigenvalue weighted by atomic mass is 19.1. The monoisotopic (exact) mass is 469 g/mol. The van der Waals surface area contributed by atoms with Crippen LogP contribution in [0.25, 0.3) is 0 Å². The first-order valence-electron chi connectivity index (χ1n) is 11.0. The van der Waals surface area contributed by atoms with Gasteiger partial charge in [-0.25, -0.2) is 8.78 Å². The quantitative estimate of drug-likeness (QED) is 0.492. The lowest BCUT2D eigenvalue weighted by atomic mass is 9.96. The number of piperidine rings is 1. The molecule has 1 aliphatic rings. The first-order valence-corrected chi connectivity index (χ1v) is 11.0. The Bertz CT molecular complexity index is 1140. The minimum atomic E-state index is -0.349. The number of methoxy groups -OCH3 is 1. The Labute approximate surface area is 195 Å². The minimum absolute atomic E-state index is 0.110. The molecule has 0 aliphatic carbocycles. The van der Waals surface area contributed by atoms with Crippen molar-refractivity contribution in [1.82, 2.24) is 14.7 Å². The van der Waals surface area contributed by atoms with Crippen LogP contribution < -0.4 is 4.74 Å². The molecule has 2 aromatic carbocycles. The molecule has 2 heterocycles. The van der Waals surface area contributed by atoms with Gasteiger partial charge in [-0.3, -0.25) is 14.3 Å². The second-order valence-electron chi connectivity index (χ2n) is 8.18. The van der Waals surface area contributed by atoms with Gasteiger partial charge in [0.1, 0.15) is 23.8 Å². The number of esters is 1. The predicted molar refractivity (Wildman–Crippen MR) is 119 cm³/mol. The number of carbonyl (C=O) groups is 2. The molecule has 7 nitrogen and oxygen atoms in total. The van der Waals surface area contributed by atoms with Crippen LogP contribution in [-0.4, -0.2) is 46.8 Å². The largest absolute Gasteiger partial charge is 0.471 e. The first kappa shape index (κ1) is 23.4. The van der Waals surface area contributed by atoms with Crippen LogP contribution in [0.1, 0.15) is 34.3 Å². The summed E-state index contributed by atoms with van der Waals surface area (Å²) in [5.74, 6) is -1.25. The van der Waals surface area contributed by atoms with Crippen molar-refractivity contribution in [3.8, 4) is 5.88 Å². The van der Waals surface area contributed by atoms with Crippen molar-refractivity contribution in [2.75, 3.05) is 20.2 Å². The van der Waals surface area contributed by atoms with Gasteiger partial charge in [0.25, 0.3) is 5.91 Å². The zero-order valence-corrected chi connectivity index (χ0v) is 18.7. The molecule has 3 aromatic rings. The van der Waals surface area contributed by atoms with E-state index in [1.165, 1.54) is 31.4 Å². The summed E-state index contributed by atoms with van der Waals surface area (Å²) in [5.41, 5.74) is 1.83. The lowest BCUT2D eigenvalue weighted by molar-refractivity contribution is -0.146. The van der Waals surface area contributed by atoms with Gasteiger partial charge in [-0.15, -0.1) is 5.10 Å². The molecule has 0 atom stereocenters. The standard InChI is InChI=1S/C25H25F2N3O4/c1-33-25(32)19-10-12-29(13-11-19)24(31)22-15-30(14-17-2-6-20(26)7-3-17)28-23(22)34-16-18-4-8-21(27)9-5-18/h2-9,15,19H,10-14,16H2,1H3. The summed E-state index contributed by atoms with van der Waals surface area (Å²) in [6.07, 6.45) is 2.65. The van der Waals surface area contributed by atoms with Crippen LogP contribution in [0.4, 0.5) is 8.78 Å². The average Bonchev–Trinajstić information content (AvgIpc) is 3.26. The molecular weight excluding hydrogens is 444 g/mol. The molecule has 0 spiro atoms. The molecule has 9 heteroatoms. The highest BCUT2D eigenvalue weighted by Crippen LogP contribution is 2.25. The first-order chi connectivity index (χ1) is 16.4. The van der Waals surface area contributed by atoms with E-state index in [2.05, 4.69) is 5.10 Å². The van der Waals surface area contributed by atoms with Gasteiger partial charge in [-0.05, 0) is 48.2 Å². The molecule has 1 aromatic heterocycles. The van der Waals surface area contributed by atoms with Crippen molar-refractivity contribution < 1.29 is 27.8 Å². The Kier molecular flexibility index (Phi) is 7.20. The average molecular weight is 469 g/mol. The maximum absolute atomic E-state index is 13.3. The molecule has 34 heavy (non-hydrogen) atoms. The third-order valence-corrected chi connectivity index (χ3v) is 5.82. The Morgan fingerprint density at radius 2 is 1.56 bits per heavy atom. The van der Waals surface area contributed by atoms with E-state index in [9.17, 15) is 18.4 Å². The van der Waals surface area contributed by atoms with Crippen molar-refractivity contribution in [3.05, 3.63) is 83.1 Å². The van der Waals surface area contributed by atoms with Crippen LogP contribution in [0.15, 0.2) is 54.7 Å². The lowest BCUT2D eigenvalue weighted by Crippen LogP contribution is -2.40. The van der Waals surface area contributed by atoms with Crippen LogP contribution >= 0.6 is 0 Å². The molecule has 1 aliphatic heterocycles. The van der Waals surface area contributed by atoms with Gasteiger partial charge < -0.3 is 14.4 Å². The summed E-state index contributed by atoms with van der Waals surface area (Å²) >= 11 is 0. The molecule has 0 unspecified atom stereocenters. The number of carbonyl (C=O) groups excluding carboxylic acids is 2. The Balaban J connectivity index is 1.52. The molecule has 0 radical (unpaired) electrons. The summed E-state index contributed by atoms with van der Waals surface area (Å²) in [6.45, 7) is 1.27. The molecule has 0 bridgehead atoms. The van der Waals surface area contributed by atoms with Crippen molar-refractivity contribution in [3.63, 3.8) is 0 Å². The number of benzene rings is 2. The van der Waals surface area contributed by atoms with Crippen LogP contribution in [0.3, 0.4) is 0 Å². The number of hydrogen-bond acceptors (Lipinski definition) is 5. The predicted octanol–water partition coefficient (Wildman–Crippen LogP) is 3.81. The molecule has 0 N–H and O–H groups in total. The van der Waals surface area contributed by atoms with Crippen molar-refractivity contribution in [2.45, 2.75) is 26.0 Å². The van der Waals surface area contributed by atoms with E-state index in [-0.39, 0.29) is 41.9 Å². The van der Waals surface area contributed by atoms with Crippen molar-refractivity contribution >= 4 is 11.9 Å². The van der Waals surface area contributed by atoms with E-state index in [4.69, 9.17) is 9.47 Å². The highest BCUT2D eigenvalue weighted by Gasteiger charge is 2.30. The third-order valence-electron chi connectivity index (χ3n) is 5.82. The minimum Gasteiger partial charge on any atom is -0.471 e. The molecular formula is C25H25F2N3O4. The number of rotatable bonds is 7. The number of halogens is 2. The number of amides is 1. The fourth-order valence-corrected chi connectivity index (χ4v) is 3.90. The van der Waals surface area contributed by atoms with Gasteiger partial charge in [0.2, 0.25) is 5.88 Å². The number of likely N-dealkylation sites (tertiary alicyclic amines) is 1. The number of ether oxygens (including phenoxy) is 2. The van der Waals surface area contributed by atoms with E-state index < -0.39 is 0 Å². The maximum Gasteiger partial charge on any atom is 0.308 e. The number of nitrogens with zero attached hydrogens (tertiary/aromatic N) is 3. The second-order valence-corrected chi connectivity index (χ2v) is 8.18.